The Bertz CT molecular complexity index is 608. The van der Waals surface area contributed by atoms with Gasteiger partial charge in [0.15, 0.2) is 17.3 Å². The third-order valence-corrected chi connectivity index (χ3v) is 2.79. The van der Waals surface area contributed by atoms with Gasteiger partial charge in [-0.1, -0.05) is 12.1 Å². The smallest absolute Gasteiger partial charge is 0.193 e. The molecule has 0 saturated heterocycles. The number of carbonyl (C=O) groups is 1. The van der Waals surface area contributed by atoms with Crippen molar-refractivity contribution in [3.8, 4) is 11.5 Å². The highest BCUT2D eigenvalue weighted by Gasteiger charge is 2.12. The zero-order valence-electron chi connectivity index (χ0n) is 10.8. The van der Waals surface area contributed by atoms with Crippen LogP contribution in [0.3, 0.4) is 0 Å². The number of benzene rings is 2. The molecule has 0 amide bonds. The number of nitrogen functional groups attached to an aromatic ring is 1. The average molecular weight is 257 g/mol. The average Bonchev–Trinajstić information content (AvgIpc) is 2.45. The summed E-state index contributed by atoms with van der Waals surface area (Å²) in [6.45, 7) is 0. The minimum absolute atomic E-state index is 0.103. The van der Waals surface area contributed by atoms with E-state index in [0.717, 1.165) is 0 Å². The van der Waals surface area contributed by atoms with E-state index in [9.17, 15) is 4.79 Å². The number of nitrogens with two attached hydrogens (primary N) is 1. The number of rotatable bonds is 4. The molecule has 0 aliphatic heterocycles. The van der Waals surface area contributed by atoms with E-state index in [1.807, 2.05) is 0 Å². The van der Waals surface area contributed by atoms with Crippen LogP contribution in [0, 0.1) is 0 Å². The van der Waals surface area contributed by atoms with Crippen LogP contribution in [0.25, 0.3) is 0 Å². The summed E-state index contributed by atoms with van der Waals surface area (Å²) >= 11 is 0. The fourth-order valence-corrected chi connectivity index (χ4v) is 1.82. The standard InChI is InChI=1S/C15H15NO3/c1-18-13-7-6-11(9-14(13)19-2)15(17)10-4-3-5-12(16)8-10/h3-9H,16H2,1-2H3. The quantitative estimate of drug-likeness (QED) is 0.675. The van der Waals surface area contributed by atoms with Gasteiger partial charge in [-0.05, 0) is 30.3 Å². The third-order valence-electron chi connectivity index (χ3n) is 2.79. The van der Waals surface area contributed by atoms with E-state index in [1.165, 1.54) is 7.11 Å². The number of anilines is 1. The van der Waals surface area contributed by atoms with Crippen molar-refractivity contribution in [2.45, 2.75) is 0 Å². The molecule has 0 fully saturated rings. The molecule has 0 aromatic heterocycles. The first-order valence-electron chi connectivity index (χ1n) is 5.78. The van der Waals surface area contributed by atoms with Gasteiger partial charge in [0.2, 0.25) is 0 Å². The van der Waals surface area contributed by atoms with Crippen molar-refractivity contribution >= 4 is 11.5 Å². The van der Waals surface area contributed by atoms with Crippen molar-refractivity contribution in [1.29, 1.82) is 0 Å². The van der Waals surface area contributed by atoms with Crippen LogP contribution in [0.4, 0.5) is 5.69 Å². The number of methoxy groups -OCH3 is 2. The van der Waals surface area contributed by atoms with Crippen molar-refractivity contribution < 1.29 is 14.3 Å². The highest BCUT2D eigenvalue weighted by atomic mass is 16.5. The molecule has 2 rings (SSSR count). The van der Waals surface area contributed by atoms with Crippen LogP contribution in [-0.2, 0) is 0 Å². The Hall–Kier alpha value is -2.49. The molecule has 0 saturated carbocycles. The summed E-state index contributed by atoms with van der Waals surface area (Å²) in [4.78, 5) is 12.3. The van der Waals surface area contributed by atoms with Gasteiger partial charge in [-0.15, -0.1) is 0 Å². The maximum absolute atomic E-state index is 12.3. The molecular formula is C15H15NO3. The molecule has 2 N–H and O–H groups in total. The van der Waals surface area contributed by atoms with Crippen molar-refractivity contribution in [3.63, 3.8) is 0 Å². The molecule has 98 valence electrons. The van der Waals surface area contributed by atoms with E-state index >= 15 is 0 Å². The van der Waals surface area contributed by atoms with Crippen molar-refractivity contribution in [2.24, 2.45) is 0 Å². The lowest BCUT2D eigenvalue weighted by Gasteiger charge is -2.09. The number of carbonyl (C=O) groups excluding carboxylic acids is 1. The second kappa shape index (κ2) is 5.44. The molecular weight excluding hydrogens is 242 g/mol. The minimum Gasteiger partial charge on any atom is -0.493 e. The number of ether oxygens (including phenoxy) is 2. The molecule has 0 spiro atoms. The van der Waals surface area contributed by atoms with E-state index in [0.29, 0.717) is 28.3 Å². The van der Waals surface area contributed by atoms with E-state index in [4.69, 9.17) is 15.2 Å². The van der Waals surface area contributed by atoms with Crippen LogP contribution in [0.5, 0.6) is 11.5 Å². The predicted molar refractivity (Wildman–Crippen MR) is 73.8 cm³/mol. The van der Waals surface area contributed by atoms with Crippen LogP contribution in [0.1, 0.15) is 15.9 Å². The molecule has 2 aromatic carbocycles. The molecule has 0 bridgehead atoms. The largest absolute Gasteiger partial charge is 0.493 e. The van der Waals surface area contributed by atoms with Gasteiger partial charge in [0, 0.05) is 16.8 Å². The fourth-order valence-electron chi connectivity index (χ4n) is 1.82. The lowest BCUT2D eigenvalue weighted by Crippen LogP contribution is -2.03. The van der Waals surface area contributed by atoms with Crippen LogP contribution in [0.15, 0.2) is 42.5 Å². The summed E-state index contributed by atoms with van der Waals surface area (Å²) in [6, 6.07) is 11.9. The van der Waals surface area contributed by atoms with E-state index < -0.39 is 0 Å². The molecule has 0 atom stereocenters. The topological polar surface area (TPSA) is 61.5 Å². The Morgan fingerprint density at radius 1 is 0.947 bits per heavy atom. The Labute approximate surface area is 111 Å². The summed E-state index contributed by atoms with van der Waals surface area (Å²) in [7, 11) is 3.09. The maximum atomic E-state index is 12.3. The summed E-state index contributed by atoms with van der Waals surface area (Å²) in [5, 5.41) is 0. The van der Waals surface area contributed by atoms with Gasteiger partial charge >= 0.3 is 0 Å². The summed E-state index contributed by atoms with van der Waals surface area (Å²) in [6.07, 6.45) is 0. The fraction of sp³-hybridized carbons (Fsp3) is 0.133. The van der Waals surface area contributed by atoms with Gasteiger partial charge in [0.05, 0.1) is 14.2 Å². The van der Waals surface area contributed by atoms with Crippen molar-refractivity contribution in [3.05, 3.63) is 53.6 Å². The second-order valence-electron chi connectivity index (χ2n) is 4.02. The first-order chi connectivity index (χ1) is 9.15. The van der Waals surface area contributed by atoms with Gasteiger partial charge in [0.25, 0.3) is 0 Å². The van der Waals surface area contributed by atoms with Crippen LogP contribution in [-0.4, -0.2) is 20.0 Å². The van der Waals surface area contributed by atoms with Crippen LogP contribution in [0.2, 0.25) is 0 Å². The van der Waals surface area contributed by atoms with E-state index in [1.54, 1.807) is 49.6 Å². The van der Waals surface area contributed by atoms with Crippen LogP contribution < -0.4 is 15.2 Å². The molecule has 2 aromatic rings. The lowest BCUT2D eigenvalue weighted by atomic mass is 10.0. The van der Waals surface area contributed by atoms with Gasteiger partial charge in [0.1, 0.15) is 0 Å². The van der Waals surface area contributed by atoms with Gasteiger partial charge < -0.3 is 15.2 Å². The Morgan fingerprint density at radius 2 is 1.63 bits per heavy atom. The van der Waals surface area contributed by atoms with Gasteiger partial charge in [-0.2, -0.15) is 0 Å². The van der Waals surface area contributed by atoms with Crippen LogP contribution >= 0.6 is 0 Å². The molecule has 4 nitrogen and oxygen atoms in total. The van der Waals surface area contributed by atoms with Crippen molar-refractivity contribution in [2.75, 3.05) is 20.0 Å². The first kappa shape index (κ1) is 13.0. The summed E-state index contributed by atoms with van der Waals surface area (Å²) < 4.78 is 10.3. The van der Waals surface area contributed by atoms with Gasteiger partial charge in [-0.3, -0.25) is 4.79 Å². The molecule has 4 heteroatoms. The number of hydrogen-bond acceptors (Lipinski definition) is 4. The van der Waals surface area contributed by atoms with E-state index in [-0.39, 0.29) is 5.78 Å². The third kappa shape index (κ3) is 2.68. The monoisotopic (exact) mass is 257 g/mol. The van der Waals surface area contributed by atoms with E-state index in [2.05, 4.69) is 0 Å². The zero-order valence-corrected chi connectivity index (χ0v) is 10.8. The summed E-state index contributed by atoms with van der Waals surface area (Å²) in [5.74, 6) is 1.01. The summed E-state index contributed by atoms with van der Waals surface area (Å²) in [5.41, 5.74) is 7.32. The Balaban J connectivity index is 2.39. The first-order valence-corrected chi connectivity index (χ1v) is 5.78. The number of hydrogen-bond donors (Lipinski definition) is 1. The van der Waals surface area contributed by atoms with Gasteiger partial charge in [-0.25, -0.2) is 0 Å². The lowest BCUT2D eigenvalue weighted by molar-refractivity contribution is 0.103. The molecule has 0 aliphatic rings. The Morgan fingerprint density at radius 3 is 2.26 bits per heavy atom. The molecule has 0 aliphatic carbocycles. The molecule has 0 heterocycles. The normalized spacial score (nSPS) is 10.0. The zero-order chi connectivity index (χ0) is 13.8. The highest BCUT2D eigenvalue weighted by molar-refractivity contribution is 6.09. The number of ketones is 1. The molecule has 19 heavy (non-hydrogen) atoms. The highest BCUT2D eigenvalue weighted by Crippen LogP contribution is 2.28. The maximum Gasteiger partial charge on any atom is 0.193 e. The van der Waals surface area contributed by atoms with Crippen molar-refractivity contribution in [1.82, 2.24) is 0 Å². The second-order valence-corrected chi connectivity index (χ2v) is 4.02. The predicted octanol–water partition coefficient (Wildman–Crippen LogP) is 2.52. The Kier molecular flexibility index (Phi) is 3.71. The molecule has 0 unspecified atom stereocenters. The SMILES string of the molecule is COc1ccc(C(=O)c2cccc(N)c2)cc1OC. The minimum atomic E-state index is -0.103. The molecule has 0 radical (unpaired) electrons.